The molecular weight excluding hydrogens is 481 g/mol. The Bertz CT molecular complexity index is 1700. The smallest absolute Gasteiger partial charge is 0.295 e. The van der Waals surface area contributed by atoms with E-state index in [1.807, 2.05) is 30.3 Å². The van der Waals surface area contributed by atoms with Crippen LogP contribution in [0, 0.1) is 5.82 Å². The van der Waals surface area contributed by atoms with Crippen molar-refractivity contribution in [3.8, 4) is 11.5 Å². The molecule has 0 N–H and O–H groups in total. The second-order valence-electron chi connectivity index (χ2n) is 8.36. The van der Waals surface area contributed by atoms with Gasteiger partial charge in [-0.1, -0.05) is 48.0 Å². The fourth-order valence-corrected chi connectivity index (χ4v) is 4.71. The fraction of sp³-hybridized carbons (Fsp3) is 0.0345. The van der Waals surface area contributed by atoms with Crippen molar-refractivity contribution >= 4 is 34.2 Å². The number of carbonyl (C=O) groups is 1. The van der Waals surface area contributed by atoms with E-state index in [-0.39, 0.29) is 22.3 Å². The van der Waals surface area contributed by atoms with Crippen LogP contribution in [0.25, 0.3) is 11.0 Å². The number of hydrogen-bond acceptors (Lipinski definition) is 4. The average molecular weight is 498 g/mol. The number of ether oxygens (including phenoxy) is 1. The number of benzene rings is 4. The molecule has 0 radical (unpaired) electrons. The Hall–Kier alpha value is -4.42. The van der Waals surface area contributed by atoms with Gasteiger partial charge in [-0.15, -0.1) is 0 Å². The summed E-state index contributed by atoms with van der Waals surface area (Å²) in [6.07, 6.45) is 0. The van der Waals surface area contributed by atoms with Gasteiger partial charge in [0.2, 0.25) is 5.76 Å². The Morgan fingerprint density at radius 3 is 2.42 bits per heavy atom. The number of carbonyl (C=O) groups excluding carboxylic acids is 1. The molecule has 0 spiro atoms. The lowest BCUT2D eigenvalue weighted by Gasteiger charge is -2.25. The molecule has 1 aromatic heterocycles. The first kappa shape index (κ1) is 22.1. The minimum absolute atomic E-state index is 0.0659. The van der Waals surface area contributed by atoms with Gasteiger partial charge in [0.25, 0.3) is 5.91 Å². The van der Waals surface area contributed by atoms with Gasteiger partial charge in [0.05, 0.1) is 17.0 Å². The number of nitrogens with zero attached hydrogens (tertiary/aromatic N) is 1. The van der Waals surface area contributed by atoms with Gasteiger partial charge in [0, 0.05) is 10.7 Å². The summed E-state index contributed by atoms with van der Waals surface area (Å²) >= 11 is 6.24. The third kappa shape index (κ3) is 3.72. The maximum absolute atomic E-state index is 14.0. The predicted molar refractivity (Wildman–Crippen MR) is 136 cm³/mol. The first-order valence-electron chi connectivity index (χ1n) is 11.2. The molecule has 36 heavy (non-hydrogen) atoms. The van der Waals surface area contributed by atoms with Crippen molar-refractivity contribution in [2.24, 2.45) is 0 Å². The summed E-state index contributed by atoms with van der Waals surface area (Å²) in [5.41, 5.74) is 0.922. The number of fused-ring (bicyclic) bond motifs is 2. The first-order valence-corrected chi connectivity index (χ1v) is 11.6. The Labute approximate surface area is 209 Å². The Kier molecular flexibility index (Phi) is 5.31. The monoisotopic (exact) mass is 497 g/mol. The van der Waals surface area contributed by atoms with Gasteiger partial charge in [-0.2, -0.15) is 0 Å². The van der Waals surface area contributed by atoms with Crippen LogP contribution >= 0.6 is 11.6 Å². The van der Waals surface area contributed by atoms with Gasteiger partial charge in [-0.25, -0.2) is 4.39 Å². The minimum Gasteiger partial charge on any atom is -0.457 e. The van der Waals surface area contributed by atoms with E-state index < -0.39 is 23.2 Å². The van der Waals surface area contributed by atoms with E-state index >= 15 is 0 Å². The van der Waals surface area contributed by atoms with Gasteiger partial charge in [-0.05, 0) is 66.2 Å². The summed E-state index contributed by atoms with van der Waals surface area (Å²) in [5.74, 6) is 0.0288. The molecule has 1 aliphatic heterocycles. The maximum Gasteiger partial charge on any atom is 0.295 e. The Morgan fingerprint density at radius 1 is 0.833 bits per heavy atom. The van der Waals surface area contributed by atoms with E-state index in [1.165, 1.54) is 17.0 Å². The number of anilines is 1. The lowest BCUT2D eigenvalue weighted by Crippen LogP contribution is -2.29. The van der Waals surface area contributed by atoms with Gasteiger partial charge in [0.1, 0.15) is 22.9 Å². The lowest BCUT2D eigenvalue weighted by atomic mass is 9.98. The molecule has 1 atom stereocenters. The van der Waals surface area contributed by atoms with Crippen LogP contribution in [0.1, 0.15) is 27.7 Å². The zero-order valence-electron chi connectivity index (χ0n) is 18.7. The first-order chi connectivity index (χ1) is 17.5. The molecule has 6 rings (SSSR count). The summed E-state index contributed by atoms with van der Waals surface area (Å²) in [6, 6.07) is 26.0. The van der Waals surface area contributed by atoms with Crippen molar-refractivity contribution in [1.82, 2.24) is 0 Å². The van der Waals surface area contributed by atoms with Crippen LogP contribution in [0.5, 0.6) is 11.5 Å². The SMILES string of the molecule is O=C1c2oc3ccc(F)cc3c(=O)c2C(c2cccc(Oc3ccccc3)c2)N1c1cccc(Cl)c1. The van der Waals surface area contributed by atoms with Gasteiger partial charge < -0.3 is 9.15 Å². The van der Waals surface area contributed by atoms with Crippen molar-refractivity contribution in [3.05, 3.63) is 135 Å². The van der Waals surface area contributed by atoms with Crippen molar-refractivity contribution in [2.45, 2.75) is 6.04 Å². The fourth-order valence-electron chi connectivity index (χ4n) is 4.53. The summed E-state index contributed by atoms with van der Waals surface area (Å²) < 4.78 is 25.9. The van der Waals surface area contributed by atoms with E-state index in [1.54, 1.807) is 48.5 Å². The molecule has 1 unspecified atom stereocenters. The number of amides is 1. The van der Waals surface area contributed by atoms with Crippen molar-refractivity contribution in [1.29, 1.82) is 0 Å². The van der Waals surface area contributed by atoms with Gasteiger partial charge in [0.15, 0.2) is 5.43 Å². The summed E-state index contributed by atoms with van der Waals surface area (Å²) in [6.45, 7) is 0. The van der Waals surface area contributed by atoms with Crippen LogP contribution in [-0.4, -0.2) is 5.91 Å². The molecule has 2 heterocycles. The third-order valence-corrected chi connectivity index (χ3v) is 6.31. The van der Waals surface area contributed by atoms with Crippen molar-refractivity contribution in [2.75, 3.05) is 4.90 Å². The second-order valence-corrected chi connectivity index (χ2v) is 8.80. The molecule has 176 valence electrons. The quantitative estimate of drug-likeness (QED) is 0.265. The van der Waals surface area contributed by atoms with Gasteiger partial charge >= 0.3 is 0 Å². The lowest BCUT2D eigenvalue weighted by molar-refractivity contribution is 0.0971. The van der Waals surface area contributed by atoms with Crippen LogP contribution in [0.2, 0.25) is 5.02 Å². The molecule has 1 amide bonds. The minimum atomic E-state index is -0.839. The highest BCUT2D eigenvalue weighted by Crippen LogP contribution is 2.42. The Balaban J connectivity index is 1.56. The summed E-state index contributed by atoms with van der Waals surface area (Å²) in [4.78, 5) is 28.8. The maximum atomic E-state index is 14.0. The van der Waals surface area contributed by atoms with Crippen molar-refractivity contribution < 1.29 is 18.3 Å². The largest absolute Gasteiger partial charge is 0.457 e. The van der Waals surface area contributed by atoms with Gasteiger partial charge in [-0.3, -0.25) is 14.5 Å². The molecule has 4 aromatic carbocycles. The Morgan fingerprint density at radius 2 is 1.61 bits per heavy atom. The molecule has 5 nitrogen and oxygen atoms in total. The molecule has 0 fully saturated rings. The molecule has 0 saturated heterocycles. The number of para-hydroxylation sites is 1. The van der Waals surface area contributed by atoms with Crippen LogP contribution in [-0.2, 0) is 0 Å². The molecule has 0 aliphatic carbocycles. The summed E-state index contributed by atoms with van der Waals surface area (Å²) in [7, 11) is 0. The molecule has 1 aliphatic rings. The van der Waals surface area contributed by atoms with E-state index in [9.17, 15) is 14.0 Å². The standard InChI is InChI=1S/C29H17ClFNO4/c30-18-7-5-8-20(15-18)32-26(17-6-4-11-22(14-17)35-21-9-2-1-3-10-21)25-27(33)23-16-19(31)12-13-24(23)36-28(25)29(32)34/h1-16,26H. The second kappa shape index (κ2) is 8.66. The topological polar surface area (TPSA) is 59.8 Å². The normalized spacial score (nSPS) is 14.8. The van der Waals surface area contributed by atoms with E-state index in [4.69, 9.17) is 20.8 Å². The summed E-state index contributed by atoms with van der Waals surface area (Å²) in [5, 5.41) is 0.499. The van der Waals surface area contributed by atoms with Crippen molar-refractivity contribution in [3.63, 3.8) is 0 Å². The number of halogens is 2. The van der Waals surface area contributed by atoms with Crippen LogP contribution in [0.4, 0.5) is 10.1 Å². The van der Waals surface area contributed by atoms with Crippen LogP contribution < -0.4 is 15.1 Å². The van der Waals surface area contributed by atoms with E-state index in [2.05, 4.69) is 0 Å². The number of hydrogen-bond donors (Lipinski definition) is 0. The van der Waals surface area contributed by atoms with E-state index in [0.29, 0.717) is 27.8 Å². The molecule has 5 aromatic rings. The molecule has 0 saturated carbocycles. The van der Waals surface area contributed by atoms with E-state index in [0.717, 1.165) is 6.07 Å². The highest BCUT2D eigenvalue weighted by atomic mass is 35.5. The zero-order chi connectivity index (χ0) is 24.8. The molecular formula is C29H17ClFNO4. The third-order valence-electron chi connectivity index (χ3n) is 6.07. The number of rotatable bonds is 4. The van der Waals surface area contributed by atoms with Crippen LogP contribution in [0.15, 0.2) is 106 Å². The molecule has 0 bridgehead atoms. The predicted octanol–water partition coefficient (Wildman–Crippen LogP) is 7.13. The zero-order valence-corrected chi connectivity index (χ0v) is 19.4. The van der Waals surface area contributed by atoms with Crippen LogP contribution in [0.3, 0.4) is 0 Å². The average Bonchev–Trinajstić information content (AvgIpc) is 3.18. The molecule has 7 heteroatoms. The highest BCUT2D eigenvalue weighted by molar-refractivity contribution is 6.31. The highest BCUT2D eigenvalue weighted by Gasteiger charge is 2.43.